The van der Waals surface area contributed by atoms with Crippen molar-refractivity contribution >= 4 is 5.97 Å². The summed E-state index contributed by atoms with van der Waals surface area (Å²) in [4.78, 5) is 12.2. The minimum absolute atomic E-state index is 0.102. The fourth-order valence-electron chi connectivity index (χ4n) is 3.98. The molecule has 19 heavy (non-hydrogen) atoms. The molecule has 0 aromatic heterocycles. The quantitative estimate of drug-likeness (QED) is 0.796. The van der Waals surface area contributed by atoms with Crippen LogP contribution in [0.3, 0.4) is 0 Å². The Balaban J connectivity index is 1.74. The number of hydrogen-bond acceptors (Lipinski definition) is 4. The van der Waals surface area contributed by atoms with Gasteiger partial charge in [-0.25, -0.2) is 0 Å². The van der Waals surface area contributed by atoms with Gasteiger partial charge in [0.1, 0.15) is 12.2 Å². The summed E-state index contributed by atoms with van der Waals surface area (Å²) in [6.07, 6.45) is 2.44. The Morgan fingerprint density at radius 3 is 2.79 bits per heavy atom. The molecule has 1 aliphatic heterocycles. The van der Waals surface area contributed by atoms with Crippen molar-refractivity contribution < 1.29 is 19.4 Å². The fraction of sp³-hybridized carbons (Fsp3) is 0.933. The van der Waals surface area contributed by atoms with Gasteiger partial charge in [0.15, 0.2) is 5.79 Å². The summed E-state index contributed by atoms with van der Waals surface area (Å²) < 4.78 is 11.5. The lowest BCUT2D eigenvalue weighted by Gasteiger charge is -2.30. The van der Waals surface area contributed by atoms with E-state index in [9.17, 15) is 9.90 Å². The van der Waals surface area contributed by atoms with Crippen LogP contribution in [0.1, 0.15) is 47.0 Å². The summed E-state index contributed by atoms with van der Waals surface area (Å²) in [7, 11) is 0. The van der Waals surface area contributed by atoms with Gasteiger partial charge in [-0.15, -0.1) is 0 Å². The Bertz CT molecular complexity index is 401. The maximum atomic E-state index is 12.2. The molecule has 2 saturated carbocycles. The van der Waals surface area contributed by atoms with E-state index in [4.69, 9.17) is 9.47 Å². The molecule has 3 fully saturated rings. The largest absolute Gasteiger partial charge is 0.459 e. The molecule has 0 radical (unpaired) electrons. The monoisotopic (exact) mass is 268 g/mol. The highest BCUT2D eigenvalue weighted by Crippen LogP contribution is 2.60. The van der Waals surface area contributed by atoms with Crippen molar-refractivity contribution in [1.29, 1.82) is 0 Å². The topological polar surface area (TPSA) is 55.8 Å². The van der Waals surface area contributed by atoms with E-state index in [0.717, 1.165) is 19.3 Å². The molecule has 1 N–H and O–H groups in total. The lowest BCUT2D eigenvalue weighted by molar-refractivity contribution is -0.209. The molecule has 6 atom stereocenters. The molecule has 2 bridgehead atoms. The van der Waals surface area contributed by atoms with Crippen LogP contribution in [0.15, 0.2) is 0 Å². The summed E-state index contributed by atoms with van der Waals surface area (Å²) in [5.41, 5.74) is -0.442. The molecule has 6 unspecified atom stereocenters. The van der Waals surface area contributed by atoms with E-state index in [1.807, 2.05) is 20.8 Å². The van der Waals surface area contributed by atoms with E-state index in [1.165, 1.54) is 0 Å². The summed E-state index contributed by atoms with van der Waals surface area (Å²) in [6, 6.07) is 0. The van der Waals surface area contributed by atoms with Crippen molar-refractivity contribution in [3.63, 3.8) is 0 Å². The Morgan fingerprint density at radius 2 is 2.16 bits per heavy atom. The number of rotatable bonds is 3. The fourth-order valence-corrected chi connectivity index (χ4v) is 3.98. The molecular weight excluding hydrogens is 244 g/mol. The summed E-state index contributed by atoms with van der Waals surface area (Å²) in [5.74, 6) is -0.227. The van der Waals surface area contributed by atoms with Crippen molar-refractivity contribution in [3.8, 4) is 0 Å². The Kier molecular flexibility index (Phi) is 2.78. The highest BCUT2D eigenvalue weighted by molar-refractivity contribution is 5.76. The minimum atomic E-state index is -1.04. The molecule has 1 saturated heterocycles. The maximum Gasteiger partial charge on any atom is 0.311 e. The number of fused-ring (bicyclic) bond motifs is 1. The Labute approximate surface area is 114 Å². The smallest absolute Gasteiger partial charge is 0.311 e. The number of esters is 1. The van der Waals surface area contributed by atoms with Crippen LogP contribution in [0.2, 0.25) is 0 Å². The van der Waals surface area contributed by atoms with Gasteiger partial charge in [-0.2, -0.15) is 0 Å². The van der Waals surface area contributed by atoms with Crippen LogP contribution in [0.4, 0.5) is 0 Å². The molecule has 0 spiro atoms. The first-order valence-electron chi connectivity index (χ1n) is 7.37. The molecule has 3 aliphatic rings. The van der Waals surface area contributed by atoms with Gasteiger partial charge in [-0.3, -0.25) is 4.79 Å². The van der Waals surface area contributed by atoms with E-state index in [-0.39, 0.29) is 24.1 Å². The van der Waals surface area contributed by atoms with Gasteiger partial charge in [-0.05, 0) is 51.9 Å². The third kappa shape index (κ3) is 1.83. The molecule has 108 valence electrons. The Hall–Kier alpha value is -0.610. The van der Waals surface area contributed by atoms with E-state index in [0.29, 0.717) is 11.8 Å². The van der Waals surface area contributed by atoms with Crippen LogP contribution in [-0.4, -0.2) is 29.1 Å². The average Bonchev–Trinajstić information content (AvgIpc) is 2.92. The number of carbonyl (C=O) groups is 1. The lowest BCUT2D eigenvalue weighted by Crippen LogP contribution is -2.39. The normalized spacial score (nSPS) is 47.7. The predicted octanol–water partition coefficient (Wildman–Crippen LogP) is 2.10. The maximum absolute atomic E-state index is 12.2. The van der Waals surface area contributed by atoms with Crippen LogP contribution in [0.25, 0.3) is 0 Å². The van der Waals surface area contributed by atoms with Crippen molar-refractivity contribution in [2.24, 2.45) is 23.2 Å². The van der Waals surface area contributed by atoms with Gasteiger partial charge in [0.05, 0.1) is 5.41 Å². The SMILES string of the molecule is CCC(C)(C)C(=O)OC1C2CC3C1OC(C)(O)C3C2. The standard InChI is InChI=1S/C15H24O4/c1-5-14(2,3)13(16)18-11-8-6-9-10(7-8)15(4,17)19-12(9)11/h8-12,17H,5-7H2,1-4H3. The van der Waals surface area contributed by atoms with Crippen LogP contribution in [0.5, 0.6) is 0 Å². The molecule has 0 amide bonds. The van der Waals surface area contributed by atoms with Crippen molar-refractivity contribution in [2.45, 2.75) is 65.0 Å². The zero-order chi connectivity index (χ0) is 14.0. The second-order valence-electron chi connectivity index (χ2n) is 7.25. The first-order chi connectivity index (χ1) is 8.76. The average molecular weight is 268 g/mol. The van der Waals surface area contributed by atoms with Gasteiger partial charge in [-0.1, -0.05) is 6.92 Å². The van der Waals surface area contributed by atoms with Crippen molar-refractivity contribution in [3.05, 3.63) is 0 Å². The molecule has 0 aromatic carbocycles. The third-order valence-electron chi connectivity index (χ3n) is 5.60. The first-order valence-corrected chi connectivity index (χ1v) is 7.37. The molecule has 4 nitrogen and oxygen atoms in total. The summed E-state index contributed by atoms with van der Waals surface area (Å²) in [5, 5.41) is 10.3. The van der Waals surface area contributed by atoms with Crippen LogP contribution >= 0.6 is 0 Å². The number of ether oxygens (including phenoxy) is 2. The van der Waals surface area contributed by atoms with E-state index in [2.05, 4.69) is 0 Å². The highest BCUT2D eigenvalue weighted by Gasteiger charge is 2.66. The molecule has 1 heterocycles. The summed E-state index contributed by atoms with van der Waals surface area (Å²) >= 11 is 0. The number of carbonyl (C=O) groups excluding carboxylic acids is 1. The van der Waals surface area contributed by atoms with Gasteiger partial charge in [0.25, 0.3) is 0 Å². The van der Waals surface area contributed by atoms with Crippen LogP contribution in [0, 0.1) is 23.2 Å². The second-order valence-corrected chi connectivity index (χ2v) is 7.25. The van der Waals surface area contributed by atoms with E-state index >= 15 is 0 Å². The van der Waals surface area contributed by atoms with Crippen LogP contribution < -0.4 is 0 Å². The molecule has 4 heteroatoms. The van der Waals surface area contributed by atoms with Crippen molar-refractivity contribution in [1.82, 2.24) is 0 Å². The van der Waals surface area contributed by atoms with E-state index in [1.54, 1.807) is 6.92 Å². The van der Waals surface area contributed by atoms with Crippen molar-refractivity contribution in [2.75, 3.05) is 0 Å². The summed E-state index contributed by atoms with van der Waals surface area (Å²) in [6.45, 7) is 7.57. The molecule has 3 rings (SSSR count). The minimum Gasteiger partial charge on any atom is -0.459 e. The molecule has 0 aromatic rings. The second kappa shape index (κ2) is 3.95. The van der Waals surface area contributed by atoms with Gasteiger partial charge >= 0.3 is 5.97 Å². The molecule has 2 aliphatic carbocycles. The van der Waals surface area contributed by atoms with E-state index < -0.39 is 11.2 Å². The highest BCUT2D eigenvalue weighted by atomic mass is 16.7. The number of aliphatic hydroxyl groups is 1. The number of hydrogen-bond donors (Lipinski definition) is 1. The van der Waals surface area contributed by atoms with Crippen LogP contribution in [-0.2, 0) is 14.3 Å². The Morgan fingerprint density at radius 1 is 1.47 bits per heavy atom. The third-order valence-corrected chi connectivity index (χ3v) is 5.60. The zero-order valence-electron chi connectivity index (χ0n) is 12.2. The van der Waals surface area contributed by atoms with Gasteiger partial charge in [0.2, 0.25) is 0 Å². The molecular formula is C15H24O4. The predicted molar refractivity (Wildman–Crippen MR) is 69.2 cm³/mol. The van der Waals surface area contributed by atoms with Gasteiger partial charge < -0.3 is 14.6 Å². The first kappa shape index (κ1) is 13.4. The lowest BCUT2D eigenvalue weighted by atomic mass is 9.83. The van der Waals surface area contributed by atoms with Gasteiger partial charge in [0, 0.05) is 5.92 Å². The zero-order valence-corrected chi connectivity index (χ0v) is 12.2.